The molecule has 0 aliphatic rings. The van der Waals surface area contributed by atoms with Crippen molar-refractivity contribution in [1.29, 1.82) is 0 Å². The minimum Gasteiger partial charge on any atom is -0.352 e. The summed E-state index contributed by atoms with van der Waals surface area (Å²) in [5.41, 5.74) is 4.83. The summed E-state index contributed by atoms with van der Waals surface area (Å²) in [6.07, 6.45) is 1.12. The molecule has 12 heavy (non-hydrogen) atoms. The van der Waals surface area contributed by atoms with Gasteiger partial charge in [-0.3, -0.25) is 0 Å². The predicted molar refractivity (Wildman–Crippen MR) is 46.5 cm³/mol. The van der Waals surface area contributed by atoms with Crippen molar-refractivity contribution in [2.24, 2.45) is 5.73 Å². The van der Waals surface area contributed by atoms with Crippen molar-refractivity contribution in [2.45, 2.75) is 25.1 Å². The number of rotatable bonds is 3. The molecule has 5 nitrogen and oxygen atoms in total. The second-order valence-corrected chi connectivity index (χ2v) is 5.23. The van der Waals surface area contributed by atoms with Crippen LogP contribution in [0.25, 0.3) is 0 Å². The van der Waals surface area contributed by atoms with Crippen molar-refractivity contribution in [3.63, 3.8) is 0 Å². The lowest BCUT2D eigenvalue weighted by molar-refractivity contribution is 0.246. The van der Waals surface area contributed by atoms with Crippen molar-refractivity contribution in [2.75, 3.05) is 6.26 Å². The van der Waals surface area contributed by atoms with Gasteiger partial charge in [-0.2, -0.15) is 0 Å². The molecule has 0 aromatic carbocycles. The van der Waals surface area contributed by atoms with Crippen LogP contribution in [0.2, 0.25) is 0 Å². The topological polar surface area (TPSA) is 89.3 Å². The zero-order valence-electron chi connectivity index (χ0n) is 7.37. The summed E-state index contributed by atoms with van der Waals surface area (Å²) in [5.74, 6) is 0. The molecule has 0 heterocycles. The molecule has 2 atom stereocenters. The van der Waals surface area contributed by atoms with E-state index in [2.05, 4.69) is 5.32 Å². The quantitative estimate of drug-likeness (QED) is 0.633. The number of urea groups is 1. The number of hydrogen-bond acceptors (Lipinski definition) is 3. The van der Waals surface area contributed by atoms with E-state index in [0.29, 0.717) is 0 Å². The van der Waals surface area contributed by atoms with Crippen LogP contribution in [0.5, 0.6) is 0 Å². The maximum atomic E-state index is 11.0. The summed E-state index contributed by atoms with van der Waals surface area (Å²) in [7, 11) is -3.12. The summed E-state index contributed by atoms with van der Waals surface area (Å²) in [5, 5.41) is 1.69. The number of hydrogen-bond donors (Lipinski definition) is 2. The highest BCUT2D eigenvalue weighted by atomic mass is 32.2. The predicted octanol–water partition coefficient (Wildman–Crippen LogP) is -0.524. The summed E-state index contributed by atoms with van der Waals surface area (Å²) in [4.78, 5) is 10.4. The van der Waals surface area contributed by atoms with Gasteiger partial charge in [-0.1, -0.05) is 0 Å². The molecule has 2 amide bonds. The molecule has 0 aromatic rings. The lowest BCUT2D eigenvalue weighted by Crippen LogP contribution is -2.45. The second kappa shape index (κ2) is 3.75. The van der Waals surface area contributed by atoms with Gasteiger partial charge in [-0.15, -0.1) is 0 Å². The second-order valence-electron chi connectivity index (χ2n) is 2.83. The molecule has 6 heteroatoms. The normalized spacial score (nSPS) is 16.6. The maximum Gasteiger partial charge on any atom is 0.312 e. The average Bonchev–Trinajstić information content (AvgIpc) is 1.82. The van der Waals surface area contributed by atoms with E-state index in [9.17, 15) is 13.2 Å². The van der Waals surface area contributed by atoms with E-state index in [4.69, 9.17) is 5.73 Å². The Labute approximate surface area is 72.2 Å². The zero-order chi connectivity index (χ0) is 9.94. The Bertz CT molecular complexity index is 260. The van der Waals surface area contributed by atoms with Crippen LogP contribution in [-0.2, 0) is 9.84 Å². The minimum absolute atomic E-state index is 0.461. The summed E-state index contributed by atoms with van der Waals surface area (Å²) >= 11 is 0. The highest BCUT2D eigenvalue weighted by Crippen LogP contribution is 2.02. The molecule has 0 rings (SSSR count). The first kappa shape index (κ1) is 11.2. The third kappa shape index (κ3) is 3.56. The van der Waals surface area contributed by atoms with Gasteiger partial charge >= 0.3 is 6.03 Å². The molecule has 72 valence electrons. The van der Waals surface area contributed by atoms with Crippen LogP contribution in [0.1, 0.15) is 13.8 Å². The fraction of sp³-hybridized carbons (Fsp3) is 0.833. The first-order valence-electron chi connectivity index (χ1n) is 3.50. The molecule has 0 spiro atoms. The molecule has 0 aromatic heterocycles. The SMILES string of the molecule is CC(NC(N)=O)C(C)S(C)(=O)=O. The number of sulfone groups is 1. The van der Waals surface area contributed by atoms with Crippen LogP contribution < -0.4 is 11.1 Å². The van der Waals surface area contributed by atoms with Crippen molar-refractivity contribution in [3.05, 3.63) is 0 Å². The van der Waals surface area contributed by atoms with Crippen LogP contribution in [0, 0.1) is 0 Å². The summed E-state index contributed by atoms with van der Waals surface area (Å²) < 4.78 is 21.9. The molecule has 3 N–H and O–H groups in total. The first-order valence-corrected chi connectivity index (χ1v) is 5.45. The van der Waals surface area contributed by atoms with Crippen LogP contribution in [-0.4, -0.2) is 32.0 Å². The standard InChI is InChI=1S/C6H14N2O3S/c1-4(8-6(7)9)5(2)12(3,10)11/h4-5H,1-3H3,(H3,7,8,9). The van der Waals surface area contributed by atoms with E-state index in [1.807, 2.05) is 0 Å². The maximum absolute atomic E-state index is 11.0. The molecule has 0 radical (unpaired) electrons. The van der Waals surface area contributed by atoms with E-state index < -0.39 is 27.2 Å². The molecular weight excluding hydrogens is 180 g/mol. The molecule has 0 fully saturated rings. The van der Waals surface area contributed by atoms with Gasteiger partial charge < -0.3 is 11.1 Å². The van der Waals surface area contributed by atoms with Gasteiger partial charge in [0.25, 0.3) is 0 Å². The Kier molecular flexibility index (Phi) is 3.51. The Morgan fingerprint density at radius 2 is 1.83 bits per heavy atom. The number of nitrogens with one attached hydrogen (secondary N) is 1. The Morgan fingerprint density at radius 1 is 1.42 bits per heavy atom. The highest BCUT2D eigenvalue weighted by molar-refractivity contribution is 7.91. The third-order valence-corrected chi connectivity index (χ3v) is 3.51. The number of nitrogens with two attached hydrogens (primary N) is 1. The first-order chi connectivity index (χ1) is 5.25. The van der Waals surface area contributed by atoms with Gasteiger partial charge in [-0.05, 0) is 13.8 Å². The lowest BCUT2D eigenvalue weighted by atomic mass is 10.2. The minimum atomic E-state index is -3.12. The number of carbonyl (C=O) groups excluding carboxylic acids is 1. The molecule has 0 aliphatic heterocycles. The smallest absolute Gasteiger partial charge is 0.312 e. The number of carbonyl (C=O) groups is 1. The van der Waals surface area contributed by atoms with E-state index >= 15 is 0 Å². The Balaban J connectivity index is 4.30. The highest BCUT2D eigenvalue weighted by Gasteiger charge is 2.22. The van der Waals surface area contributed by atoms with Gasteiger partial charge in [0, 0.05) is 12.3 Å². The van der Waals surface area contributed by atoms with Crippen LogP contribution in [0.3, 0.4) is 0 Å². The van der Waals surface area contributed by atoms with E-state index in [-0.39, 0.29) is 0 Å². The molecule has 2 unspecified atom stereocenters. The fourth-order valence-electron chi connectivity index (χ4n) is 0.713. The van der Waals surface area contributed by atoms with Crippen molar-refractivity contribution < 1.29 is 13.2 Å². The molecule has 0 aliphatic carbocycles. The third-order valence-electron chi connectivity index (χ3n) is 1.75. The van der Waals surface area contributed by atoms with Crippen molar-refractivity contribution in [3.8, 4) is 0 Å². The van der Waals surface area contributed by atoms with Gasteiger partial charge in [0.1, 0.15) is 0 Å². The average molecular weight is 194 g/mol. The molecule has 0 saturated heterocycles. The number of amides is 2. The largest absolute Gasteiger partial charge is 0.352 e. The van der Waals surface area contributed by atoms with Crippen LogP contribution in [0.15, 0.2) is 0 Å². The van der Waals surface area contributed by atoms with Gasteiger partial charge in [-0.25, -0.2) is 13.2 Å². The number of primary amides is 1. The van der Waals surface area contributed by atoms with Gasteiger partial charge in [0.15, 0.2) is 9.84 Å². The van der Waals surface area contributed by atoms with Gasteiger partial charge in [0.05, 0.1) is 5.25 Å². The molecule has 0 bridgehead atoms. The Morgan fingerprint density at radius 3 is 2.08 bits per heavy atom. The summed E-state index contributed by atoms with van der Waals surface area (Å²) in [6, 6.07) is -1.17. The van der Waals surface area contributed by atoms with Gasteiger partial charge in [0.2, 0.25) is 0 Å². The van der Waals surface area contributed by atoms with Crippen molar-refractivity contribution >= 4 is 15.9 Å². The van der Waals surface area contributed by atoms with E-state index in [1.54, 1.807) is 6.92 Å². The fourth-order valence-corrected chi connectivity index (χ4v) is 1.52. The monoisotopic (exact) mass is 194 g/mol. The van der Waals surface area contributed by atoms with E-state index in [1.165, 1.54) is 6.92 Å². The lowest BCUT2D eigenvalue weighted by Gasteiger charge is -2.18. The summed E-state index contributed by atoms with van der Waals surface area (Å²) in [6.45, 7) is 3.12. The molecular formula is C6H14N2O3S. The molecule has 0 saturated carbocycles. The van der Waals surface area contributed by atoms with Crippen molar-refractivity contribution in [1.82, 2.24) is 5.32 Å². The van der Waals surface area contributed by atoms with Crippen LogP contribution >= 0.6 is 0 Å². The zero-order valence-corrected chi connectivity index (χ0v) is 8.18. The van der Waals surface area contributed by atoms with Crippen LogP contribution in [0.4, 0.5) is 4.79 Å². The van der Waals surface area contributed by atoms with E-state index in [0.717, 1.165) is 6.26 Å². The Hall–Kier alpha value is -0.780.